The van der Waals surface area contributed by atoms with Crippen LogP contribution >= 0.6 is 0 Å². The molecular weight excluding hydrogens is 156 g/mol. The molecule has 0 saturated carbocycles. The Labute approximate surface area is 72.7 Å². The fraction of sp³-hybridized carbons (Fsp3) is 0.750. The first-order valence-corrected chi connectivity index (χ1v) is 4.11. The van der Waals surface area contributed by atoms with Crippen LogP contribution in [0.15, 0.2) is 0 Å². The van der Waals surface area contributed by atoms with Crippen molar-refractivity contribution in [2.45, 2.75) is 13.8 Å². The van der Waals surface area contributed by atoms with E-state index in [0.29, 0.717) is 6.54 Å². The fourth-order valence-corrected chi connectivity index (χ4v) is 0.962. The SMILES string of the molecule is CCN(CC)CC(C=N)C(=O)O. The third-order valence-electron chi connectivity index (χ3n) is 1.87. The van der Waals surface area contributed by atoms with Crippen LogP contribution in [0.1, 0.15) is 13.8 Å². The number of rotatable bonds is 6. The quantitative estimate of drug-likeness (QED) is 0.579. The average Bonchev–Trinajstić information content (AvgIpc) is 2.06. The number of carboxylic acids is 1. The molecule has 0 fully saturated rings. The number of nitrogens with one attached hydrogen (secondary N) is 1. The molecule has 0 aromatic heterocycles. The van der Waals surface area contributed by atoms with Crippen molar-refractivity contribution in [2.75, 3.05) is 19.6 Å². The molecule has 0 spiro atoms. The van der Waals surface area contributed by atoms with E-state index in [9.17, 15) is 4.79 Å². The van der Waals surface area contributed by atoms with Crippen LogP contribution in [0.25, 0.3) is 0 Å². The number of aliphatic carboxylic acids is 1. The second kappa shape index (κ2) is 5.71. The molecule has 0 saturated heterocycles. The van der Waals surface area contributed by atoms with Crippen LogP contribution in [0.3, 0.4) is 0 Å². The topological polar surface area (TPSA) is 64.4 Å². The minimum Gasteiger partial charge on any atom is -0.481 e. The molecule has 0 aliphatic rings. The van der Waals surface area contributed by atoms with Crippen molar-refractivity contribution in [3.63, 3.8) is 0 Å². The molecule has 0 aromatic rings. The Kier molecular flexibility index (Phi) is 5.28. The van der Waals surface area contributed by atoms with E-state index in [0.717, 1.165) is 19.3 Å². The summed E-state index contributed by atoms with van der Waals surface area (Å²) in [5.74, 6) is -1.58. The third kappa shape index (κ3) is 3.48. The minimum absolute atomic E-state index is 0.436. The zero-order chi connectivity index (χ0) is 9.56. The second-order valence-electron chi connectivity index (χ2n) is 2.60. The summed E-state index contributed by atoms with van der Waals surface area (Å²) in [5, 5.41) is 15.5. The molecule has 0 heterocycles. The first-order chi connectivity index (χ1) is 5.65. The van der Waals surface area contributed by atoms with Crippen LogP contribution in [0.5, 0.6) is 0 Å². The van der Waals surface area contributed by atoms with Crippen molar-refractivity contribution < 1.29 is 9.90 Å². The molecular formula is C8H16N2O2. The number of hydrogen-bond acceptors (Lipinski definition) is 3. The first-order valence-electron chi connectivity index (χ1n) is 4.11. The van der Waals surface area contributed by atoms with Crippen molar-refractivity contribution in [3.8, 4) is 0 Å². The fourth-order valence-electron chi connectivity index (χ4n) is 0.962. The molecule has 0 aromatic carbocycles. The van der Waals surface area contributed by atoms with Gasteiger partial charge in [-0.1, -0.05) is 13.8 Å². The van der Waals surface area contributed by atoms with Gasteiger partial charge in [-0.25, -0.2) is 0 Å². The van der Waals surface area contributed by atoms with E-state index >= 15 is 0 Å². The van der Waals surface area contributed by atoms with E-state index in [2.05, 4.69) is 0 Å². The maximum atomic E-state index is 10.5. The summed E-state index contributed by atoms with van der Waals surface area (Å²) in [6.07, 6.45) is 0.987. The zero-order valence-corrected chi connectivity index (χ0v) is 7.58. The molecule has 0 aliphatic heterocycles. The Bertz CT molecular complexity index is 155. The normalized spacial score (nSPS) is 12.9. The van der Waals surface area contributed by atoms with E-state index in [1.807, 2.05) is 18.7 Å². The second-order valence-corrected chi connectivity index (χ2v) is 2.60. The summed E-state index contributed by atoms with van der Waals surface area (Å²) >= 11 is 0. The van der Waals surface area contributed by atoms with Gasteiger partial charge in [0.05, 0.1) is 0 Å². The van der Waals surface area contributed by atoms with E-state index in [1.165, 1.54) is 0 Å². The molecule has 12 heavy (non-hydrogen) atoms. The monoisotopic (exact) mass is 172 g/mol. The van der Waals surface area contributed by atoms with Gasteiger partial charge in [-0.2, -0.15) is 0 Å². The summed E-state index contributed by atoms with van der Waals surface area (Å²) in [6, 6.07) is 0. The molecule has 70 valence electrons. The van der Waals surface area contributed by atoms with Crippen molar-refractivity contribution in [2.24, 2.45) is 5.92 Å². The maximum Gasteiger partial charge on any atom is 0.313 e. The number of carboxylic acid groups (broad SMARTS) is 1. The van der Waals surface area contributed by atoms with Gasteiger partial charge in [0.1, 0.15) is 5.92 Å². The standard InChI is InChI=1S/C8H16N2O2/c1-3-10(4-2)6-7(5-9)8(11)12/h5,7,9H,3-4,6H2,1-2H3,(H,11,12). The van der Waals surface area contributed by atoms with Gasteiger partial charge in [-0.05, 0) is 13.1 Å². The lowest BCUT2D eigenvalue weighted by molar-refractivity contribution is -0.139. The lowest BCUT2D eigenvalue weighted by Gasteiger charge is -2.19. The summed E-state index contributed by atoms with van der Waals surface area (Å²) in [7, 11) is 0. The lowest BCUT2D eigenvalue weighted by Crippen LogP contribution is -2.33. The summed E-state index contributed by atoms with van der Waals surface area (Å²) in [5.41, 5.74) is 0. The summed E-state index contributed by atoms with van der Waals surface area (Å²) in [6.45, 7) is 6.05. The molecule has 4 nitrogen and oxygen atoms in total. The van der Waals surface area contributed by atoms with Gasteiger partial charge < -0.3 is 15.4 Å². The Balaban J connectivity index is 3.99. The zero-order valence-electron chi connectivity index (χ0n) is 7.58. The van der Waals surface area contributed by atoms with Gasteiger partial charge in [-0.3, -0.25) is 4.79 Å². The predicted molar refractivity (Wildman–Crippen MR) is 47.7 cm³/mol. The molecule has 1 atom stereocenters. The van der Waals surface area contributed by atoms with E-state index in [4.69, 9.17) is 10.5 Å². The lowest BCUT2D eigenvalue weighted by atomic mass is 10.1. The van der Waals surface area contributed by atoms with Crippen LogP contribution in [0.4, 0.5) is 0 Å². The highest BCUT2D eigenvalue weighted by Gasteiger charge is 2.16. The average molecular weight is 172 g/mol. The molecule has 1 unspecified atom stereocenters. The van der Waals surface area contributed by atoms with Crippen molar-refractivity contribution in [3.05, 3.63) is 0 Å². The van der Waals surface area contributed by atoms with Gasteiger partial charge in [0.2, 0.25) is 0 Å². The number of nitrogens with zero attached hydrogens (tertiary/aromatic N) is 1. The predicted octanol–water partition coefficient (Wildman–Crippen LogP) is 0.679. The van der Waals surface area contributed by atoms with Crippen molar-refractivity contribution in [1.29, 1.82) is 5.41 Å². The Morgan fingerprint density at radius 3 is 2.33 bits per heavy atom. The Morgan fingerprint density at radius 1 is 1.58 bits per heavy atom. The van der Waals surface area contributed by atoms with E-state index < -0.39 is 11.9 Å². The van der Waals surface area contributed by atoms with E-state index in [-0.39, 0.29) is 0 Å². The molecule has 0 radical (unpaired) electrons. The van der Waals surface area contributed by atoms with Crippen molar-refractivity contribution in [1.82, 2.24) is 4.90 Å². The smallest absolute Gasteiger partial charge is 0.313 e. The van der Waals surface area contributed by atoms with Crippen LogP contribution in [-0.4, -0.2) is 41.8 Å². The van der Waals surface area contributed by atoms with Gasteiger partial charge in [0.25, 0.3) is 0 Å². The van der Waals surface area contributed by atoms with Gasteiger partial charge in [0, 0.05) is 12.8 Å². The number of carbonyl (C=O) groups is 1. The molecule has 0 amide bonds. The molecule has 0 rings (SSSR count). The Morgan fingerprint density at radius 2 is 2.08 bits per heavy atom. The minimum atomic E-state index is -0.920. The highest BCUT2D eigenvalue weighted by atomic mass is 16.4. The van der Waals surface area contributed by atoms with Gasteiger partial charge >= 0.3 is 5.97 Å². The van der Waals surface area contributed by atoms with Gasteiger partial charge in [0.15, 0.2) is 0 Å². The molecule has 0 aliphatic carbocycles. The summed E-state index contributed by atoms with van der Waals surface area (Å²) < 4.78 is 0. The van der Waals surface area contributed by atoms with E-state index in [1.54, 1.807) is 0 Å². The summed E-state index contributed by atoms with van der Waals surface area (Å²) in [4.78, 5) is 12.5. The largest absolute Gasteiger partial charge is 0.481 e. The highest BCUT2D eigenvalue weighted by Crippen LogP contribution is 1.97. The highest BCUT2D eigenvalue weighted by molar-refractivity contribution is 5.87. The Hall–Kier alpha value is -0.900. The van der Waals surface area contributed by atoms with Crippen LogP contribution in [-0.2, 0) is 4.79 Å². The van der Waals surface area contributed by atoms with Crippen molar-refractivity contribution >= 4 is 12.2 Å². The maximum absolute atomic E-state index is 10.5. The number of hydrogen-bond donors (Lipinski definition) is 2. The van der Waals surface area contributed by atoms with Crippen LogP contribution < -0.4 is 0 Å². The molecule has 0 bridgehead atoms. The molecule has 2 N–H and O–H groups in total. The third-order valence-corrected chi connectivity index (χ3v) is 1.87. The van der Waals surface area contributed by atoms with Gasteiger partial charge in [-0.15, -0.1) is 0 Å². The van der Waals surface area contributed by atoms with Crippen LogP contribution in [0.2, 0.25) is 0 Å². The van der Waals surface area contributed by atoms with Crippen LogP contribution in [0, 0.1) is 11.3 Å². The first kappa shape index (κ1) is 11.1. The molecule has 4 heteroatoms.